The molecule has 0 aromatic rings. The molecule has 1 aliphatic heterocycles. The highest BCUT2D eigenvalue weighted by Gasteiger charge is 2.50. The van der Waals surface area contributed by atoms with Gasteiger partial charge in [-0.3, -0.25) is 0 Å². The Balaban J connectivity index is 1.94. The normalized spacial score (nSPS) is 32.6. The molecule has 2 fully saturated rings. The van der Waals surface area contributed by atoms with E-state index in [1.54, 1.807) is 4.90 Å². The van der Waals surface area contributed by atoms with E-state index in [1.165, 1.54) is 0 Å². The largest absolute Gasteiger partial charge is 0.444 e. The molecule has 1 saturated heterocycles. The SMILES string of the molecule is CC(C)(C)OC(=O)N1CCC2C(C#N)CC21. The summed E-state index contributed by atoms with van der Waals surface area (Å²) in [7, 11) is 0. The number of hydrogen-bond donors (Lipinski definition) is 0. The Morgan fingerprint density at radius 3 is 2.75 bits per heavy atom. The van der Waals surface area contributed by atoms with Gasteiger partial charge < -0.3 is 9.64 Å². The van der Waals surface area contributed by atoms with Crippen LogP contribution in [0.25, 0.3) is 0 Å². The van der Waals surface area contributed by atoms with Crippen LogP contribution in [0.15, 0.2) is 0 Å². The monoisotopic (exact) mass is 222 g/mol. The summed E-state index contributed by atoms with van der Waals surface area (Å²) in [6.07, 6.45) is 1.54. The highest BCUT2D eigenvalue weighted by Crippen LogP contribution is 2.45. The molecule has 3 unspecified atom stereocenters. The maximum absolute atomic E-state index is 11.9. The molecule has 0 N–H and O–H groups in total. The van der Waals surface area contributed by atoms with Gasteiger partial charge in [0.05, 0.1) is 12.0 Å². The highest BCUT2D eigenvalue weighted by molar-refractivity contribution is 5.69. The molecular weight excluding hydrogens is 204 g/mol. The van der Waals surface area contributed by atoms with Crippen molar-refractivity contribution in [1.29, 1.82) is 5.26 Å². The van der Waals surface area contributed by atoms with Crippen LogP contribution < -0.4 is 0 Å². The Morgan fingerprint density at radius 1 is 1.50 bits per heavy atom. The van der Waals surface area contributed by atoms with Gasteiger partial charge in [-0.25, -0.2) is 4.79 Å². The van der Waals surface area contributed by atoms with E-state index in [0.29, 0.717) is 5.92 Å². The van der Waals surface area contributed by atoms with Gasteiger partial charge in [0.2, 0.25) is 0 Å². The van der Waals surface area contributed by atoms with E-state index in [4.69, 9.17) is 10.00 Å². The van der Waals surface area contributed by atoms with E-state index < -0.39 is 5.60 Å². The van der Waals surface area contributed by atoms with Crippen molar-refractivity contribution in [2.24, 2.45) is 11.8 Å². The zero-order valence-electron chi connectivity index (χ0n) is 10.1. The third-order valence-electron chi connectivity index (χ3n) is 3.40. The number of nitriles is 1. The fourth-order valence-electron chi connectivity index (χ4n) is 2.58. The Labute approximate surface area is 96.2 Å². The molecule has 0 aromatic carbocycles. The molecule has 2 rings (SSSR count). The zero-order chi connectivity index (χ0) is 11.9. The van der Waals surface area contributed by atoms with Crippen LogP contribution >= 0.6 is 0 Å². The van der Waals surface area contributed by atoms with Crippen molar-refractivity contribution < 1.29 is 9.53 Å². The molecule has 3 atom stereocenters. The van der Waals surface area contributed by atoms with E-state index in [1.807, 2.05) is 20.8 Å². The Hall–Kier alpha value is -1.24. The Kier molecular flexibility index (Phi) is 2.57. The lowest BCUT2D eigenvalue weighted by atomic mass is 9.70. The predicted molar refractivity (Wildman–Crippen MR) is 58.6 cm³/mol. The van der Waals surface area contributed by atoms with Crippen molar-refractivity contribution in [3.63, 3.8) is 0 Å². The van der Waals surface area contributed by atoms with E-state index in [-0.39, 0.29) is 18.1 Å². The summed E-state index contributed by atoms with van der Waals surface area (Å²) >= 11 is 0. The smallest absolute Gasteiger partial charge is 0.410 e. The van der Waals surface area contributed by atoms with Crippen LogP contribution in [-0.2, 0) is 4.74 Å². The van der Waals surface area contributed by atoms with Gasteiger partial charge in [0.15, 0.2) is 0 Å². The molecule has 4 nitrogen and oxygen atoms in total. The molecule has 0 spiro atoms. The average molecular weight is 222 g/mol. The molecule has 4 heteroatoms. The van der Waals surface area contributed by atoms with Gasteiger partial charge in [-0.1, -0.05) is 0 Å². The van der Waals surface area contributed by atoms with Crippen LogP contribution in [-0.4, -0.2) is 29.2 Å². The number of ether oxygens (including phenoxy) is 1. The molecule has 16 heavy (non-hydrogen) atoms. The summed E-state index contributed by atoms with van der Waals surface area (Å²) in [5, 5.41) is 8.86. The van der Waals surface area contributed by atoms with Crippen LogP contribution in [0.2, 0.25) is 0 Å². The van der Waals surface area contributed by atoms with Gasteiger partial charge in [-0.15, -0.1) is 0 Å². The van der Waals surface area contributed by atoms with E-state index >= 15 is 0 Å². The summed E-state index contributed by atoms with van der Waals surface area (Å²) < 4.78 is 5.35. The molecule has 88 valence electrons. The lowest BCUT2D eigenvalue weighted by Gasteiger charge is -2.40. The summed E-state index contributed by atoms with van der Waals surface area (Å²) in [4.78, 5) is 13.7. The first-order chi connectivity index (χ1) is 7.42. The molecular formula is C12H18N2O2. The van der Waals surface area contributed by atoms with Crippen LogP contribution in [0.3, 0.4) is 0 Å². The minimum Gasteiger partial charge on any atom is -0.444 e. The van der Waals surface area contributed by atoms with Gasteiger partial charge in [-0.05, 0) is 39.5 Å². The second-order valence-electron chi connectivity index (χ2n) is 5.66. The zero-order valence-corrected chi connectivity index (χ0v) is 10.1. The van der Waals surface area contributed by atoms with Gasteiger partial charge in [0, 0.05) is 12.6 Å². The lowest BCUT2D eigenvalue weighted by molar-refractivity contribution is 0.00829. The second kappa shape index (κ2) is 3.65. The first kappa shape index (κ1) is 11.3. The first-order valence-corrected chi connectivity index (χ1v) is 5.81. The number of fused-ring (bicyclic) bond motifs is 1. The van der Waals surface area contributed by atoms with Crippen molar-refractivity contribution >= 4 is 6.09 Å². The number of hydrogen-bond acceptors (Lipinski definition) is 3. The third kappa shape index (κ3) is 1.87. The van der Waals surface area contributed by atoms with Crippen molar-refractivity contribution in [3.05, 3.63) is 0 Å². The van der Waals surface area contributed by atoms with Crippen molar-refractivity contribution in [1.82, 2.24) is 4.90 Å². The van der Waals surface area contributed by atoms with E-state index in [2.05, 4.69) is 6.07 Å². The molecule has 0 bridgehead atoms. The first-order valence-electron chi connectivity index (χ1n) is 5.81. The number of nitrogens with zero attached hydrogens (tertiary/aromatic N) is 2. The molecule has 1 aliphatic carbocycles. The number of carbonyl (C=O) groups is 1. The Bertz CT molecular complexity index is 340. The predicted octanol–water partition coefficient (Wildman–Crippen LogP) is 2.16. The summed E-state index contributed by atoms with van der Waals surface area (Å²) in [5.74, 6) is 0.537. The number of amides is 1. The fraction of sp³-hybridized carbons (Fsp3) is 0.833. The van der Waals surface area contributed by atoms with Crippen LogP contribution in [0, 0.1) is 23.2 Å². The van der Waals surface area contributed by atoms with E-state index in [0.717, 1.165) is 19.4 Å². The van der Waals surface area contributed by atoms with Crippen LogP contribution in [0.1, 0.15) is 33.6 Å². The fourth-order valence-corrected chi connectivity index (χ4v) is 2.58. The van der Waals surface area contributed by atoms with Crippen molar-refractivity contribution in [2.45, 2.75) is 45.3 Å². The summed E-state index contributed by atoms with van der Waals surface area (Å²) in [6.45, 7) is 6.36. The number of likely N-dealkylation sites (tertiary alicyclic amines) is 1. The van der Waals surface area contributed by atoms with Crippen LogP contribution in [0.4, 0.5) is 4.79 Å². The summed E-state index contributed by atoms with van der Waals surface area (Å²) in [5.41, 5.74) is -0.437. The van der Waals surface area contributed by atoms with Crippen molar-refractivity contribution in [2.75, 3.05) is 6.54 Å². The quantitative estimate of drug-likeness (QED) is 0.631. The summed E-state index contributed by atoms with van der Waals surface area (Å²) in [6, 6.07) is 2.55. The maximum atomic E-state index is 11.9. The minimum atomic E-state index is -0.437. The number of carbonyl (C=O) groups excluding carboxylic acids is 1. The minimum absolute atomic E-state index is 0.150. The van der Waals surface area contributed by atoms with Gasteiger partial charge >= 0.3 is 6.09 Å². The molecule has 1 amide bonds. The maximum Gasteiger partial charge on any atom is 0.410 e. The highest BCUT2D eigenvalue weighted by atomic mass is 16.6. The van der Waals surface area contributed by atoms with Gasteiger partial charge in [0.1, 0.15) is 5.60 Å². The topological polar surface area (TPSA) is 53.3 Å². The van der Waals surface area contributed by atoms with Crippen molar-refractivity contribution in [3.8, 4) is 6.07 Å². The average Bonchev–Trinajstić information content (AvgIpc) is 2.41. The lowest BCUT2D eigenvalue weighted by Crippen LogP contribution is -2.49. The van der Waals surface area contributed by atoms with E-state index in [9.17, 15) is 4.79 Å². The molecule has 1 heterocycles. The van der Waals surface area contributed by atoms with Gasteiger partial charge in [-0.2, -0.15) is 5.26 Å². The third-order valence-corrected chi connectivity index (χ3v) is 3.40. The Morgan fingerprint density at radius 2 is 2.19 bits per heavy atom. The second-order valence-corrected chi connectivity index (χ2v) is 5.66. The standard InChI is InChI=1S/C12H18N2O2/c1-12(2,3)16-11(15)14-5-4-9-8(7-13)6-10(9)14/h8-10H,4-6H2,1-3H3. The molecule has 0 aromatic heterocycles. The number of rotatable bonds is 0. The molecule has 2 aliphatic rings. The molecule has 0 radical (unpaired) electrons. The van der Waals surface area contributed by atoms with Crippen LogP contribution in [0.5, 0.6) is 0 Å². The molecule has 1 saturated carbocycles. The van der Waals surface area contributed by atoms with Gasteiger partial charge in [0.25, 0.3) is 0 Å².